The van der Waals surface area contributed by atoms with Crippen molar-refractivity contribution in [3.05, 3.63) is 34.9 Å². The second-order valence-electron chi connectivity index (χ2n) is 6.53. The van der Waals surface area contributed by atoms with Gasteiger partial charge in [-0.05, 0) is 61.3 Å². The van der Waals surface area contributed by atoms with Crippen LogP contribution in [0.2, 0.25) is 0 Å². The Morgan fingerprint density at radius 2 is 1.74 bits per heavy atom. The Labute approximate surface area is 119 Å². The van der Waals surface area contributed by atoms with Gasteiger partial charge in [-0.15, -0.1) is 0 Å². The first-order valence-corrected chi connectivity index (χ1v) is 7.66. The van der Waals surface area contributed by atoms with E-state index in [2.05, 4.69) is 65.1 Å². The molecule has 0 aliphatic rings. The van der Waals surface area contributed by atoms with Gasteiger partial charge in [-0.25, -0.2) is 0 Å². The summed E-state index contributed by atoms with van der Waals surface area (Å²) in [5, 5.41) is 3.62. The van der Waals surface area contributed by atoms with Crippen molar-refractivity contribution in [2.75, 3.05) is 13.1 Å². The molecule has 1 unspecified atom stereocenters. The molecule has 0 radical (unpaired) electrons. The lowest BCUT2D eigenvalue weighted by atomic mass is 9.73. The zero-order valence-corrected chi connectivity index (χ0v) is 13.6. The summed E-state index contributed by atoms with van der Waals surface area (Å²) in [6.45, 7) is 16.0. The molecule has 0 heterocycles. The van der Waals surface area contributed by atoms with Crippen LogP contribution in [-0.4, -0.2) is 13.1 Å². The van der Waals surface area contributed by atoms with Gasteiger partial charge in [0.25, 0.3) is 0 Å². The number of benzene rings is 1. The molecule has 0 aliphatic heterocycles. The van der Waals surface area contributed by atoms with Crippen LogP contribution >= 0.6 is 0 Å². The second-order valence-corrected chi connectivity index (χ2v) is 6.53. The van der Waals surface area contributed by atoms with Crippen molar-refractivity contribution in [3.8, 4) is 0 Å². The van der Waals surface area contributed by atoms with Crippen LogP contribution in [0.3, 0.4) is 0 Å². The minimum atomic E-state index is 0.325. The highest BCUT2D eigenvalue weighted by atomic mass is 14.9. The maximum Gasteiger partial charge on any atom is 0.00108 e. The molecule has 0 saturated carbocycles. The van der Waals surface area contributed by atoms with Crippen LogP contribution in [0.5, 0.6) is 0 Å². The third-order valence-electron chi connectivity index (χ3n) is 4.57. The van der Waals surface area contributed by atoms with Crippen molar-refractivity contribution in [3.63, 3.8) is 0 Å². The van der Waals surface area contributed by atoms with Gasteiger partial charge in [-0.3, -0.25) is 0 Å². The first-order chi connectivity index (χ1) is 8.90. The topological polar surface area (TPSA) is 12.0 Å². The Kier molecular flexibility index (Phi) is 6.06. The molecule has 0 bridgehead atoms. The first kappa shape index (κ1) is 16.2. The second kappa shape index (κ2) is 7.09. The molecule has 1 rings (SSSR count). The Hall–Kier alpha value is -0.820. The van der Waals surface area contributed by atoms with Gasteiger partial charge in [-0.1, -0.05) is 45.9 Å². The van der Waals surface area contributed by atoms with E-state index in [0.29, 0.717) is 11.3 Å². The molecule has 0 amide bonds. The van der Waals surface area contributed by atoms with Crippen LogP contribution in [0.25, 0.3) is 0 Å². The Bertz CT molecular complexity index is 374. The molecule has 1 N–H and O–H groups in total. The zero-order valence-electron chi connectivity index (χ0n) is 13.6. The highest BCUT2D eigenvalue weighted by molar-refractivity contribution is 5.34. The summed E-state index contributed by atoms with van der Waals surface area (Å²) < 4.78 is 0. The average molecular weight is 261 g/mol. The molecule has 0 spiro atoms. The Morgan fingerprint density at radius 3 is 2.21 bits per heavy atom. The molecule has 1 atom stereocenters. The first-order valence-electron chi connectivity index (χ1n) is 7.66. The number of rotatable bonds is 7. The van der Waals surface area contributed by atoms with Crippen LogP contribution in [0.15, 0.2) is 18.2 Å². The molecule has 0 aromatic heterocycles. The Morgan fingerprint density at radius 1 is 1.16 bits per heavy atom. The predicted molar refractivity (Wildman–Crippen MR) is 85.7 cm³/mol. The lowest BCUT2D eigenvalue weighted by Gasteiger charge is -2.35. The number of hydrogen-bond acceptors (Lipinski definition) is 1. The number of nitrogens with one attached hydrogen (secondary N) is 1. The summed E-state index contributed by atoms with van der Waals surface area (Å²) in [6.07, 6.45) is 2.37. The maximum absolute atomic E-state index is 3.62. The SMILES string of the molecule is CCCNCC(C)(Cc1c(C)cccc1C)C(C)C. The summed E-state index contributed by atoms with van der Waals surface area (Å²) in [4.78, 5) is 0. The van der Waals surface area contributed by atoms with Gasteiger partial charge in [0.1, 0.15) is 0 Å². The largest absolute Gasteiger partial charge is 0.316 e. The smallest absolute Gasteiger partial charge is 0.00108 e. The van der Waals surface area contributed by atoms with Crippen LogP contribution in [0.1, 0.15) is 50.8 Å². The van der Waals surface area contributed by atoms with E-state index < -0.39 is 0 Å². The van der Waals surface area contributed by atoms with E-state index in [1.807, 2.05) is 0 Å². The van der Waals surface area contributed by atoms with Crippen molar-refractivity contribution in [1.82, 2.24) is 5.32 Å². The molecule has 0 saturated heterocycles. The van der Waals surface area contributed by atoms with Crippen molar-refractivity contribution in [2.24, 2.45) is 11.3 Å². The normalized spacial score (nSPS) is 14.7. The molecule has 1 nitrogen and oxygen atoms in total. The van der Waals surface area contributed by atoms with Gasteiger partial charge in [0.15, 0.2) is 0 Å². The van der Waals surface area contributed by atoms with Gasteiger partial charge in [0.05, 0.1) is 0 Å². The summed E-state index contributed by atoms with van der Waals surface area (Å²) in [5.41, 5.74) is 4.73. The van der Waals surface area contributed by atoms with E-state index in [9.17, 15) is 0 Å². The van der Waals surface area contributed by atoms with Gasteiger partial charge >= 0.3 is 0 Å². The fraction of sp³-hybridized carbons (Fsp3) is 0.667. The van der Waals surface area contributed by atoms with Crippen LogP contribution in [0.4, 0.5) is 0 Å². The van der Waals surface area contributed by atoms with E-state index in [1.54, 1.807) is 0 Å². The van der Waals surface area contributed by atoms with Gasteiger partial charge in [-0.2, -0.15) is 0 Å². The van der Waals surface area contributed by atoms with Crippen molar-refractivity contribution in [1.29, 1.82) is 0 Å². The van der Waals surface area contributed by atoms with E-state index in [0.717, 1.165) is 13.1 Å². The molecular formula is C18H31N. The minimum absolute atomic E-state index is 0.325. The van der Waals surface area contributed by atoms with Gasteiger partial charge in [0, 0.05) is 6.54 Å². The molecule has 108 valence electrons. The number of aryl methyl sites for hydroxylation is 2. The standard InChI is InChI=1S/C18H31N/c1-7-11-19-13-18(6,14(2)3)12-17-15(4)9-8-10-16(17)5/h8-10,14,19H,7,11-13H2,1-6H3. The van der Waals surface area contributed by atoms with Crippen LogP contribution in [-0.2, 0) is 6.42 Å². The summed E-state index contributed by atoms with van der Waals surface area (Å²) >= 11 is 0. The average Bonchev–Trinajstić information content (AvgIpc) is 2.34. The fourth-order valence-corrected chi connectivity index (χ4v) is 2.55. The highest BCUT2D eigenvalue weighted by Gasteiger charge is 2.29. The minimum Gasteiger partial charge on any atom is -0.316 e. The molecule has 19 heavy (non-hydrogen) atoms. The molecule has 0 aliphatic carbocycles. The third-order valence-corrected chi connectivity index (χ3v) is 4.57. The van der Waals surface area contributed by atoms with Crippen molar-refractivity contribution < 1.29 is 0 Å². The quantitative estimate of drug-likeness (QED) is 0.712. The zero-order chi connectivity index (χ0) is 14.5. The van der Waals surface area contributed by atoms with Crippen LogP contribution < -0.4 is 5.32 Å². The van der Waals surface area contributed by atoms with E-state index >= 15 is 0 Å². The molecule has 1 aromatic rings. The number of hydrogen-bond donors (Lipinski definition) is 1. The lowest BCUT2D eigenvalue weighted by molar-refractivity contribution is 0.207. The molecule has 0 fully saturated rings. The van der Waals surface area contributed by atoms with E-state index in [-0.39, 0.29) is 0 Å². The van der Waals surface area contributed by atoms with Gasteiger partial charge in [0.2, 0.25) is 0 Å². The summed E-state index contributed by atoms with van der Waals surface area (Å²) in [6, 6.07) is 6.64. The molecular weight excluding hydrogens is 230 g/mol. The van der Waals surface area contributed by atoms with Crippen LogP contribution in [0, 0.1) is 25.2 Å². The fourth-order valence-electron chi connectivity index (χ4n) is 2.55. The van der Waals surface area contributed by atoms with Crippen molar-refractivity contribution in [2.45, 2.75) is 54.4 Å². The molecule has 1 aromatic carbocycles. The molecule has 1 heteroatoms. The highest BCUT2D eigenvalue weighted by Crippen LogP contribution is 2.32. The summed E-state index contributed by atoms with van der Waals surface area (Å²) in [5.74, 6) is 0.677. The predicted octanol–water partition coefficient (Wildman–Crippen LogP) is 4.51. The lowest BCUT2D eigenvalue weighted by Crippen LogP contribution is -2.38. The van der Waals surface area contributed by atoms with Gasteiger partial charge < -0.3 is 5.32 Å². The third kappa shape index (κ3) is 4.35. The van der Waals surface area contributed by atoms with E-state index in [1.165, 1.54) is 29.5 Å². The summed E-state index contributed by atoms with van der Waals surface area (Å²) in [7, 11) is 0. The Balaban J connectivity index is 2.89. The van der Waals surface area contributed by atoms with Crippen molar-refractivity contribution >= 4 is 0 Å². The van der Waals surface area contributed by atoms with E-state index in [4.69, 9.17) is 0 Å². The monoisotopic (exact) mass is 261 g/mol. The maximum atomic E-state index is 3.62.